The lowest BCUT2D eigenvalue weighted by molar-refractivity contribution is 1.18. The molecule has 45 heavy (non-hydrogen) atoms. The van der Waals surface area contributed by atoms with Crippen molar-refractivity contribution < 1.29 is 0 Å². The van der Waals surface area contributed by atoms with Crippen molar-refractivity contribution in [2.45, 2.75) is 0 Å². The summed E-state index contributed by atoms with van der Waals surface area (Å²) in [4.78, 5) is 11.4. The second-order valence-corrected chi connectivity index (χ2v) is 13.5. The van der Waals surface area contributed by atoms with Crippen LogP contribution in [-0.2, 0) is 0 Å². The van der Waals surface area contributed by atoms with Gasteiger partial charge in [-0.3, -0.25) is 0 Å². The van der Waals surface area contributed by atoms with E-state index in [9.17, 15) is 0 Å². The number of nitrogens with zero attached hydrogens (tertiary/aromatic N) is 3. The van der Waals surface area contributed by atoms with Crippen LogP contribution in [0.3, 0.4) is 0 Å². The third-order valence-electron chi connectivity index (χ3n) is 8.84. The van der Waals surface area contributed by atoms with E-state index in [4.69, 9.17) is 9.97 Å². The lowest BCUT2D eigenvalue weighted by Gasteiger charge is -2.11. The van der Waals surface area contributed by atoms with E-state index in [1.807, 2.05) is 11.3 Å². The third-order valence-corrected chi connectivity index (χ3v) is 11.0. The largest absolute Gasteiger partial charge is 0.309 e. The Balaban J connectivity index is 1.20. The van der Waals surface area contributed by atoms with Crippen molar-refractivity contribution in [2.75, 3.05) is 0 Å². The van der Waals surface area contributed by atoms with E-state index in [-0.39, 0.29) is 0 Å². The van der Waals surface area contributed by atoms with Crippen molar-refractivity contribution >= 4 is 85.0 Å². The average Bonchev–Trinajstić information content (AvgIpc) is 3.77. The van der Waals surface area contributed by atoms with Gasteiger partial charge in [0.05, 0.1) is 16.7 Å². The Morgan fingerprint density at radius 3 is 1.91 bits per heavy atom. The molecule has 0 radical (unpaired) electrons. The molecule has 4 heterocycles. The van der Waals surface area contributed by atoms with Crippen LogP contribution >= 0.6 is 22.7 Å². The summed E-state index contributed by atoms with van der Waals surface area (Å²) in [6.45, 7) is 0. The molecule has 3 nitrogen and oxygen atoms in total. The average molecular weight is 610 g/mol. The quantitative estimate of drug-likeness (QED) is 0.199. The number of rotatable bonds is 3. The molecule has 0 N–H and O–H groups in total. The molecule has 6 aromatic carbocycles. The predicted molar refractivity (Wildman–Crippen MR) is 193 cm³/mol. The van der Waals surface area contributed by atoms with Gasteiger partial charge < -0.3 is 4.57 Å². The van der Waals surface area contributed by atoms with Crippen molar-refractivity contribution in [1.82, 2.24) is 14.5 Å². The number of thiophene rings is 2. The first-order chi connectivity index (χ1) is 22.3. The number of para-hydroxylation sites is 1. The summed E-state index contributed by atoms with van der Waals surface area (Å²) < 4.78 is 6.28. The second kappa shape index (κ2) is 9.57. The molecule has 0 aliphatic rings. The molecule has 10 rings (SSSR count). The number of benzene rings is 6. The highest BCUT2D eigenvalue weighted by Crippen LogP contribution is 2.43. The first kappa shape index (κ1) is 25.0. The van der Waals surface area contributed by atoms with Crippen molar-refractivity contribution in [3.05, 3.63) is 140 Å². The fourth-order valence-electron chi connectivity index (χ4n) is 6.85. The van der Waals surface area contributed by atoms with Crippen molar-refractivity contribution in [1.29, 1.82) is 0 Å². The Hall–Kier alpha value is -5.36. The minimum atomic E-state index is 0.743. The van der Waals surface area contributed by atoms with Gasteiger partial charge in [0.2, 0.25) is 0 Å². The second-order valence-electron chi connectivity index (χ2n) is 11.4. The van der Waals surface area contributed by atoms with Crippen LogP contribution in [-0.4, -0.2) is 14.5 Å². The van der Waals surface area contributed by atoms with Crippen LogP contribution in [0.1, 0.15) is 0 Å². The van der Waals surface area contributed by atoms with E-state index in [1.165, 1.54) is 52.1 Å². The summed E-state index contributed by atoms with van der Waals surface area (Å²) in [5.74, 6) is 0.743. The summed E-state index contributed by atoms with van der Waals surface area (Å²) >= 11 is 3.59. The van der Waals surface area contributed by atoms with E-state index in [0.717, 1.165) is 38.5 Å². The molecule has 0 aliphatic heterocycles. The Morgan fingerprint density at radius 2 is 1.11 bits per heavy atom. The van der Waals surface area contributed by atoms with Crippen LogP contribution in [0.4, 0.5) is 0 Å². The highest BCUT2D eigenvalue weighted by molar-refractivity contribution is 7.26. The van der Waals surface area contributed by atoms with Gasteiger partial charge >= 0.3 is 0 Å². The lowest BCUT2D eigenvalue weighted by atomic mass is 10.1. The molecule has 0 aliphatic carbocycles. The third kappa shape index (κ3) is 3.69. The minimum absolute atomic E-state index is 0.743. The van der Waals surface area contributed by atoms with E-state index >= 15 is 0 Å². The normalized spacial score (nSPS) is 12.0. The molecule has 0 amide bonds. The van der Waals surface area contributed by atoms with Gasteiger partial charge in [-0.2, -0.15) is 0 Å². The van der Waals surface area contributed by atoms with Crippen LogP contribution in [0.25, 0.3) is 90.6 Å². The maximum Gasteiger partial charge on any atom is 0.161 e. The Bertz CT molecular complexity index is 2750. The molecule has 0 fully saturated rings. The van der Waals surface area contributed by atoms with Crippen LogP contribution in [0, 0.1) is 0 Å². The zero-order chi connectivity index (χ0) is 29.5. The van der Waals surface area contributed by atoms with E-state index in [2.05, 4.69) is 144 Å². The zero-order valence-electron chi connectivity index (χ0n) is 23.9. The molecule has 0 atom stereocenters. The van der Waals surface area contributed by atoms with E-state index in [0.29, 0.717) is 0 Å². The highest BCUT2D eigenvalue weighted by Gasteiger charge is 2.19. The molecule has 0 unspecified atom stereocenters. The van der Waals surface area contributed by atoms with Gasteiger partial charge in [-0.15, -0.1) is 22.7 Å². The molecular formula is C40H23N3S2. The first-order valence-corrected chi connectivity index (χ1v) is 16.6. The molecule has 0 spiro atoms. The van der Waals surface area contributed by atoms with Gasteiger partial charge in [-0.1, -0.05) is 91.0 Å². The molecule has 10 aromatic rings. The van der Waals surface area contributed by atoms with Crippen molar-refractivity contribution in [3.8, 4) is 28.3 Å². The van der Waals surface area contributed by atoms with Crippen LogP contribution < -0.4 is 0 Å². The maximum absolute atomic E-state index is 5.21. The van der Waals surface area contributed by atoms with Crippen LogP contribution in [0.15, 0.2) is 140 Å². The number of fused-ring (bicyclic) bond motifs is 10. The monoisotopic (exact) mass is 609 g/mol. The fraction of sp³-hybridized carbons (Fsp3) is 0. The SMILES string of the molecule is c1ccc(-c2nc(-c3ccc(-n4c5ccccc5c5ccc6sc7ccccc7c6c54)cc3)nc3sc4ccccc4c23)cc1. The Morgan fingerprint density at radius 1 is 0.444 bits per heavy atom. The van der Waals surface area contributed by atoms with Gasteiger partial charge in [0.1, 0.15) is 4.83 Å². The smallest absolute Gasteiger partial charge is 0.161 e. The number of hydrogen-bond donors (Lipinski definition) is 0. The summed E-state index contributed by atoms with van der Waals surface area (Å²) in [5.41, 5.74) is 6.67. The Labute approximate surface area is 266 Å². The number of aromatic nitrogens is 3. The fourth-order valence-corrected chi connectivity index (χ4v) is 9.03. The van der Waals surface area contributed by atoms with E-state index < -0.39 is 0 Å². The summed E-state index contributed by atoms with van der Waals surface area (Å²) in [5, 5.41) is 7.50. The first-order valence-electron chi connectivity index (χ1n) is 15.0. The van der Waals surface area contributed by atoms with E-state index in [1.54, 1.807) is 11.3 Å². The zero-order valence-corrected chi connectivity index (χ0v) is 25.6. The topological polar surface area (TPSA) is 30.7 Å². The van der Waals surface area contributed by atoms with Crippen LogP contribution in [0.5, 0.6) is 0 Å². The summed E-state index contributed by atoms with van der Waals surface area (Å²) in [7, 11) is 0. The van der Waals surface area contributed by atoms with Crippen LogP contribution in [0.2, 0.25) is 0 Å². The molecule has 0 saturated heterocycles. The molecule has 4 aromatic heterocycles. The molecule has 5 heteroatoms. The predicted octanol–water partition coefficient (Wildman–Crippen LogP) is 11.6. The lowest BCUT2D eigenvalue weighted by Crippen LogP contribution is -1.96. The molecule has 0 bridgehead atoms. The van der Waals surface area contributed by atoms with Gasteiger partial charge in [-0.05, 0) is 48.5 Å². The standard InChI is InChI=1S/C40H23N3S2/c1-2-10-24(11-3-1)37-36-30-14-6-9-17-33(30)45-40(36)42-39(41-37)25-18-20-26(21-19-25)43-31-15-7-4-12-27(31)28-22-23-34-35(38(28)43)29-13-5-8-16-32(29)44-34/h1-23H. The molecule has 210 valence electrons. The van der Waals surface area contributed by atoms with Gasteiger partial charge in [-0.25, -0.2) is 9.97 Å². The molecular weight excluding hydrogens is 587 g/mol. The highest BCUT2D eigenvalue weighted by atomic mass is 32.1. The van der Waals surface area contributed by atoms with Gasteiger partial charge in [0, 0.05) is 63.2 Å². The number of hydrogen-bond acceptors (Lipinski definition) is 4. The molecule has 0 saturated carbocycles. The summed E-state index contributed by atoms with van der Waals surface area (Å²) in [6.07, 6.45) is 0. The minimum Gasteiger partial charge on any atom is -0.309 e. The van der Waals surface area contributed by atoms with Crippen molar-refractivity contribution in [2.24, 2.45) is 0 Å². The Kier molecular flexibility index (Phi) is 5.32. The van der Waals surface area contributed by atoms with Gasteiger partial charge in [0.25, 0.3) is 0 Å². The van der Waals surface area contributed by atoms with Gasteiger partial charge in [0.15, 0.2) is 5.82 Å². The summed E-state index contributed by atoms with van der Waals surface area (Å²) in [6, 6.07) is 49.9. The van der Waals surface area contributed by atoms with Crippen molar-refractivity contribution in [3.63, 3.8) is 0 Å². The maximum atomic E-state index is 5.21.